The third kappa shape index (κ3) is 18.8. The van der Waals surface area contributed by atoms with Crippen LogP contribution in [0.5, 0.6) is 0 Å². The molecule has 17 heteroatoms. The van der Waals surface area contributed by atoms with Gasteiger partial charge in [0.05, 0.1) is 26.7 Å². The zero-order valence-electron chi connectivity index (χ0n) is 38.7. The minimum atomic E-state index is -4.38. The Balaban J connectivity index is 0.000000500. The van der Waals surface area contributed by atoms with Crippen LogP contribution in [0, 0.1) is 18.3 Å². The van der Waals surface area contributed by atoms with Gasteiger partial charge in [0.1, 0.15) is 10.1 Å². The van der Waals surface area contributed by atoms with Crippen LogP contribution in [0.4, 0.5) is 0 Å². The van der Waals surface area contributed by atoms with Crippen LogP contribution in [0.25, 0.3) is 10.8 Å². The predicted molar refractivity (Wildman–Crippen MR) is 275 cm³/mol. The molecule has 0 saturated carbocycles. The Morgan fingerprint density at radius 3 is 1.73 bits per heavy atom. The summed E-state index contributed by atoms with van der Waals surface area (Å²) < 4.78 is 97.3. The van der Waals surface area contributed by atoms with Crippen LogP contribution in [-0.4, -0.2) is 110 Å². The largest absolute Gasteiger partial charge is 2.00 e. The second-order valence-electron chi connectivity index (χ2n) is 17.0. The number of ether oxygens (including phenoxy) is 1. The van der Waals surface area contributed by atoms with Gasteiger partial charge in [0, 0.05) is 21.5 Å². The van der Waals surface area contributed by atoms with Gasteiger partial charge in [0.2, 0.25) is 0 Å². The molecule has 7 rings (SSSR count). The number of allylic oxidation sites excluding steroid dienone is 1. The Labute approximate surface area is 439 Å². The molecule has 0 spiro atoms. The minimum Gasteiger partial charge on any atom is -0.744 e. The number of hydrogen-bond donors (Lipinski definition) is 2. The summed E-state index contributed by atoms with van der Waals surface area (Å²) in [6, 6.07) is 38.9. The quantitative estimate of drug-likeness (QED) is 0.0658. The molecule has 0 amide bonds. The molecule has 0 radical (unpaired) electrons. The molecule has 1 unspecified atom stereocenters. The molecule has 2 aliphatic heterocycles. The third-order valence-corrected chi connectivity index (χ3v) is 14.6. The van der Waals surface area contributed by atoms with E-state index in [1.165, 1.54) is 50.5 Å². The molecule has 0 bridgehead atoms. The van der Waals surface area contributed by atoms with Crippen molar-refractivity contribution in [2.75, 3.05) is 6.61 Å². The maximum atomic E-state index is 10.9. The van der Waals surface area contributed by atoms with Crippen molar-refractivity contribution in [1.29, 1.82) is 0 Å². The summed E-state index contributed by atoms with van der Waals surface area (Å²) >= 11 is 12.7. The smallest absolute Gasteiger partial charge is 0.744 e. The summed E-state index contributed by atoms with van der Waals surface area (Å²) in [5, 5.41) is 1.42. The first-order valence-electron chi connectivity index (χ1n) is 21.0. The van der Waals surface area contributed by atoms with Crippen molar-refractivity contribution < 1.29 is 48.2 Å². The number of aryl methyl sites for hydroxylation is 1. The molecule has 0 saturated heterocycles. The average molecular weight is 1050 g/mol. The van der Waals surface area contributed by atoms with E-state index in [1.54, 1.807) is 36.4 Å². The zero-order chi connectivity index (χ0) is 48.9. The number of rotatable bonds is 8. The molecule has 5 aromatic carbocycles. The van der Waals surface area contributed by atoms with E-state index < -0.39 is 40.9 Å². The summed E-state index contributed by atoms with van der Waals surface area (Å²) in [5.41, 5.74) is 3.76. The maximum absolute atomic E-state index is 10.9. The Bertz CT molecular complexity index is 2680. The molecule has 2 aliphatic rings. The van der Waals surface area contributed by atoms with Gasteiger partial charge in [0.15, 0.2) is 18.7 Å². The monoisotopic (exact) mass is 1050 g/mol. The van der Waals surface area contributed by atoms with Crippen LogP contribution in [-0.2, 0) is 35.1 Å². The van der Waals surface area contributed by atoms with Gasteiger partial charge in [-0.3, -0.25) is 9.11 Å². The molecule has 362 valence electrons. The van der Waals surface area contributed by atoms with E-state index in [0.717, 1.165) is 40.8 Å². The van der Waals surface area contributed by atoms with E-state index in [2.05, 4.69) is 81.3 Å². The van der Waals surface area contributed by atoms with Gasteiger partial charge >= 0.3 is 43.6 Å². The normalized spacial score (nSPS) is 18.7. The summed E-state index contributed by atoms with van der Waals surface area (Å²) in [4.78, 5) is -0.157. The molecule has 11 nitrogen and oxygen atoms in total. The zero-order valence-corrected chi connectivity index (χ0v) is 44.9. The SMILES string of the molecule is C.C=CC[C@@]1(C)C[C@H](c2cccc(Cl)c2)C(c2ccc(Cl)cc2)[N+]2=C1OC[C@@H]2C(C)C.CC(C)S(=O)(=O)O.CC(C)S(=O)(=O)O.Cc1ccccc1.O=S(=O)([O-])c1cccc2ccccc12.[Ca+2]. The Kier molecular flexibility index (Phi) is 25.5. The van der Waals surface area contributed by atoms with E-state index >= 15 is 0 Å². The molecule has 2 heterocycles. The van der Waals surface area contributed by atoms with E-state index in [-0.39, 0.29) is 67.4 Å². The number of halogens is 2. The van der Waals surface area contributed by atoms with Crippen LogP contribution in [0.2, 0.25) is 10.0 Å². The van der Waals surface area contributed by atoms with E-state index in [1.807, 2.05) is 42.5 Å². The molecular formula is C50H65CaCl2NO10S3+2. The first-order chi connectivity index (χ1) is 30.2. The Morgan fingerprint density at radius 2 is 1.27 bits per heavy atom. The van der Waals surface area contributed by atoms with Gasteiger partial charge in [-0.2, -0.15) is 21.4 Å². The summed E-state index contributed by atoms with van der Waals surface area (Å²) in [6.07, 6.45) is 3.88. The molecule has 0 aromatic heterocycles. The topological polar surface area (TPSA) is 178 Å². The average Bonchev–Trinajstić information content (AvgIpc) is 3.68. The second-order valence-corrected chi connectivity index (χ2v) is 23.1. The fourth-order valence-electron chi connectivity index (χ4n) is 7.21. The molecule has 5 aromatic rings. The van der Waals surface area contributed by atoms with Crippen molar-refractivity contribution in [1.82, 2.24) is 0 Å². The number of hydrogen-bond acceptors (Lipinski definition) is 8. The molecule has 0 aliphatic carbocycles. The molecular weight excluding hydrogens is 982 g/mol. The van der Waals surface area contributed by atoms with Crippen LogP contribution >= 0.6 is 23.2 Å². The van der Waals surface area contributed by atoms with Gasteiger partial charge in [-0.15, -0.1) is 6.58 Å². The van der Waals surface area contributed by atoms with Gasteiger partial charge in [-0.1, -0.05) is 147 Å². The number of fused-ring (bicyclic) bond motifs is 1. The van der Waals surface area contributed by atoms with E-state index in [9.17, 15) is 29.8 Å². The van der Waals surface area contributed by atoms with Crippen LogP contribution < -0.4 is 0 Å². The third-order valence-electron chi connectivity index (χ3n) is 10.9. The Morgan fingerprint density at radius 1 is 0.761 bits per heavy atom. The van der Waals surface area contributed by atoms with Crippen LogP contribution in [0.1, 0.15) is 97.4 Å². The van der Waals surface area contributed by atoms with E-state index in [0.29, 0.717) is 17.3 Å². The second kappa shape index (κ2) is 27.5. The minimum absolute atomic E-state index is 0. The summed E-state index contributed by atoms with van der Waals surface area (Å²) in [6.45, 7) is 19.4. The first kappa shape index (κ1) is 62.2. The van der Waals surface area contributed by atoms with Crippen molar-refractivity contribution in [2.45, 2.75) is 109 Å². The van der Waals surface area contributed by atoms with Crippen molar-refractivity contribution in [3.63, 3.8) is 0 Å². The van der Waals surface area contributed by atoms with Crippen molar-refractivity contribution in [2.24, 2.45) is 11.3 Å². The van der Waals surface area contributed by atoms with Crippen LogP contribution in [0.15, 0.2) is 139 Å². The number of benzene rings is 5. The van der Waals surface area contributed by atoms with Gasteiger partial charge in [0.25, 0.3) is 20.2 Å². The number of nitrogens with zero attached hydrogens (tertiary/aromatic N) is 1. The predicted octanol–water partition coefficient (Wildman–Crippen LogP) is 11.8. The van der Waals surface area contributed by atoms with Gasteiger partial charge in [-0.25, -0.2) is 8.42 Å². The molecule has 2 N–H and O–H groups in total. The maximum Gasteiger partial charge on any atom is 2.00 e. The summed E-state index contributed by atoms with van der Waals surface area (Å²) in [7, 11) is -11.9. The van der Waals surface area contributed by atoms with Crippen molar-refractivity contribution >= 4 is 108 Å². The first-order valence-corrected chi connectivity index (χ1v) is 26.2. The van der Waals surface area contributed by atoms with Gasteiger partial charge < -0.3 is 9.29 Å². The summed E-state index contributed by atoms with van der Waals surface area (Å²) in [5.74, 6) is 1.87. The molecule has 67 heavy (non-hydrogen) atoms. The van der Waals surface area contributed by atoms with Gasteiger partial charge in [-0.05, 0) is 101 Å². The van der Waals surface area contributed by atoms with E-state index in [4.69, 9.17) is 37.0 Å². The molecule has 0 fully saturated rings. The fourth-order valence-corrected chi connectivity index (χ4v) is 8.23. The standard InChI is InChI=1S/C26H30Cl2NO.C10H8O3S.C7H8.2C3H8O3S.CH4.Ca/c1-5-13-26(4)15-22(19-7-6-8-21(28)14-19)24(18-9-11-20(27)12-10-18)29-23(17(2)3)16-30-25(26)29;11-14(12,13)10-7-3-5-8-4-1-2-6-9(8)10;1-7-5-3-2-4-6-7;2*1-3(2)7(4,5)6;;/h5-12,14,17,22-24H,1,13,15-16H2,2-4H3;1-7H,(H,11,12,13);2-6H,1H3;2*3H,1-2H3,(H,4,5,6);1H4;/q+1;;;;;;+2/p-1/t22-,23-,24?,26+;;;;;;/m1....../s1. The molecule has 4 atom stereocenters. The van der Waals surface area contributed by atoms with Crippen molar-refractivity contribution in [3.05, 3.63) is 161 Å². The fraction of sp³-hybridized carbons (Fsp3) is 0.380. The van der Waals surface area contributed by atoms with Crippen LogP contribution in [0.3, 0.4) is 0 Å². The Hall–Kier alpha value is -2.86. The van der Waals surface area contributed by atoms with Crippen molar-refractivity contribution in [3.8, 4) is 0 Å².